The van der Waals surface area contributed by atoms with Gasteiger partial charge in [0.05, 0.1) is 17.5 Å². The highest BCUT2D eigenvalue weighted by Crippen LogP contribution is 2.34. The minimum absolute atomic E-state index is 0.319. The lowest BCUT2D eigenvalue weighted by atomic mass is 9.97. The van der Waals surface area contributed by atoms with Crippen molar-refractivity contribution >= 4 is 5.97 Å². The summed E-state index contributed by atoms with van der Waals surface area (Å²) in [6, 6.07) is 11.4. The number of hydrogen-bond acceptors (Lipinski definition) is 4. The van der Waals surface area contributed by atoms with Gasteiger partial charge in [-0.05, 0) is 67.0 Å². The number of piperazine rings is 1. The maximum atomic E-state index is 13.2. The Balaban J connectivity index is 1.46. The average molecular weight is 475 g/mol. The van der Waals surface area contributed by atoms with Gasteiger partial charge in [0.1, 0.15) is 0 Å². The van der Waals surface area contributed by atoms with E-state index in [-0.39, 0.29) is 12.0 Å². The number of rotatable bonds is 6. The first-order valence-corrected chi connectivity index (χ1v) is 12.1. The van der Waals surface area contributed by atoms with Crippen molar-refractivity contribution in [2.45, 2.75) is 64.4 Å². The molecule has 4 nitrogen and oxygen atoms in total. The molecule has 1 aliphatic heterocycles. The van der Waals surface area contributed by atoms with E-state index < -0.39 is 23.9 Å². The van der Waals surface area contributed by atoms with Crippen LogP contribution in [0.1, 0.15) is 67.0 Å². The van der Waals surface area contributed by atoms with Gasteiger partial charge >= 0.3 is 12.1 Å². The van der Waals surface area contributed by atoms with E-state index in [4.69, 9.17) is 4.74 Å². The molecule has 1 N–H and O–H groups in total. The van der Waals surface area contributed by atoms with Crippen molar-refractivity contribution in [2.75, 3.05) is 19.6 Å². The average Bonchev–Trinajstić information content (AvgIpc) is 3.25. The van der Waals surface area contributed by atoms with Crippen LogP contribution in [0, 0.1) is 5.92 Å². The molecule has 4 rings (SSSR count). The van der Waals surface area contributed by atoms with Crippen LogP contribution < -0.4 is 5.32 Å². The van der Waals surface area contributed by atoms with E-state index in [2.05, 4.69) is 24.4 Å². The van der Waals surface area contributed by atoms with E-state index in [0.717, 1.165) is 30.9 Å². The monoisotopic (exact) mass is 474 g/mol. The van der Waals surface area contributed by atoms with Crippen LogP contribution in [0.3, 0.4) is 0 Å². The molecule has 7 heteroatoms. The Morgan fingerprint density at radius 1 is 1.15 bits per heavy atom. The summed E-state index contributed by atoms with van der Waals surface area (Å²) in [6.07, 6.45) is -1.66. The fourth-order valence-electron chi connectivity index (χ4n) is 5.15. The van der Waals surface area contributed by atoms with Crippen molar-refractivity contribution in [1.29, 1.82) is 0 Å². The van der Waals surface area contributed by atoms with Gasteiger partial charge in [-0.15, -0.1) is 0 Å². The first kappa shape index (κ1) is 24.7. The van der Waals surface area contributed by atoms with Crippen LogP contribution in [0.2, 0.25) is 0 Å². The third kappa shape index (κ3) is 5.31. The molecule has 0 radical (unpaired) electrons. The van der Waals surface area contributed by atoms with E-state index >= 15 is 0 Å². The van der Waals surface area contributed by atoms with Crippen LogP contribution in [-0.4, -0.2) is 36.7 Å². The molecule has 0 saturated carbocycles. The number of hydrogen-bond donors (Lipinski definition) is 1. The van der Waals surface area contributed by atoms with Crippen LogP contribution in [0.25, 0.3) is 0 Å². The maximum Gasteiger partial charge on any atom is 0.416 e. The number of fused-ring (bicyclic) bond motifs is 1. The Labute approximate surface area is 199 Å². The highest BCUT2D eigenvalue weighted by molar-refractivity contribution is 5.78. The summed E-state index contributed by atoms with van der Waals surface area (Å²) >= 11 is 0. The second kappa shape index (κ2) is 10.1. The van der Waals surface area contributed by atoms with Crippen LogP contribution in [0.4, 0.5) is 13.2 Å². The summed E-state index contributed by atoms with van der Waals surface area (Å²) in [5.74, 6) is -0.0600. The maximum absolute atomic E-state index is 13.2. The second-order valence-corrected chi connectivity index (χ2v) is 9.55. The first-order valence-electron chi connectivity index (χ1n) is 12.1. The zero-order valence-electron chi connectivity index (χ0n) is 20.0. The molecular weight excluding hydrogens is 441 g/mol. The summed E-state index contributed by atoms with van der Waals surface area (Å²) in [5, 5.41) is 3.25. The van der Waals surface area contributed by atoms with Crippen molar-refractivity contribution in [3.63, 3.8) is 0 Å². The van der Waals surface area contributed by atoms with Crippen LogP contribution in [0.5, 0.6) is 0 Å². The molecule has 1 saturated heterocycles. The molecule has 2 aliphatic rings. The van der Waals surface area contributed by atoms with Gasteiger partial charge in [0.2, 0.25) is 0 Å². The second-order valence-electron chi connectivity index (χ2n) is 9.55. The molecule has 0 aromatic heterocycles. The van der Waals surface area contributed by atoms with Crippen LogP contribution in [-0.2, 0) is 28.5 Å². The molecule has 34 heavy (non-hydrogen) atoms. The van der Waals surface area contributed by atoms with Gasteiger partial charge in [-0.2, -0.15) is 13.2 Å². The predicted molar refractivity (Wildman–Crippen MR) is 125 cm³/mol. The zero-order chi connectivity index (χ0) is 24.5. The van der Waals surface area contributed by atoms with Crippen molar-refractivity contribution in [3.05, 3.63) is 70.3 Å². The Kier molecular flexibility index (Phi) is 7.33. The smallest absolute Gasteiger partial charge is 0.416 e. The number of benzene rings is 2. The Morgan fingerprint density at radius 2 is 1.91 bits per heavy atom. The SMILES string of the molecule is CCC1Cc2ccc(C(C)C(=O)OC(C)N3CCNCC3c3cccc(C(F)(F)F)c3)cc2C1. The molecule has 2 aromatic rings. The van der Waals surface area contributed by atoms with Gasteiger partial charge in [-0.3, -0.25) is 9.69 Å². The lowest BCUT2D eigenvalue weighted by molar-refractivity contribution is -0.162. The summed E-state index contributed by atoms with van der Waals surface area (Å²) in [6.45, 7) is 7.59. The van der Waals surface area contributed by atoms with Crippen molar-refractivity contribution < 1.29 is 22.7 Å². The summed E-state index contributed by atoms with van der Waals surface area (Å²) in [5.41, 5.74) is 3.53. The molecule has 4 atom stereocenters. The largest absolute Gasteiger partial charge is 0.446 e. The zero-order valence-corrected chi connectivity index (χ0v) is 20.0. The highest BCUT2D eigenvalue weighted by atomic mass is 19.4. The molecule has 0 spiro atoms. The highest BCUT2D eigenvalue weighted by Gasteiger charge is 2.34. The molecule has 0 amide bonds. The van der Waals surface area contributed by atoms with Gasteiger partial charge < -0.3 is 10.1 Å². The Morgan fingerprint density at radius 3 is 2.65 bits per heavy atom. The Bertz CT molecular complexity index is 1020. The van der Waals surface area contributed by atoms with E-state index in [9.17, 15) is 18.0 Å². The summed E-state index contributed by atoms with van der Waals surface area (Å²) in [4.78, 5) is 15.0. The number of alkyl halides is 3. The number of esters is 1. The number of carbonyl (C=O) groups excluding carboxylic acids is 1. The van der Waals surface area contributed by atoms with Gasteiger partial charge in [0.15, 0.2) is 6.23 Å². The number of halogens is 3. The minimum atomic E-state index is -4.40. The number of ether oxygens (including phenoxy) is 1. The topological polar surface area (TPSA) is 41.6 Å². The number of nitrogens with one attached hydrogen (secondary N) is 1. The van der Waals surface area contributed by atoms with Crippen LogP contribution in [0.15, 0.2) is 42.5 Å². The molecule has 2 aromatic carbocycles. The van der Waals surface area contributed by atoms with Gasteiger partial charge in [-0.25, -0.2) is 0 Å². The molecule has 1 aliphatic carbocycles. The molecule has 1 fully saturated rings. The number of nitrogens with zero attached hydrogens (tertiary/aromatic N) is 1. The minimum Gasteiger partial charge on any atom is -0.446 e. The summed E-state index contributed by atoms with van der Waals surface area (Å²) < 4.78 is 45.6. The first-order chi connectivity index (χ1) is 16.2. The lowest BCUT2D eigenvalue weighted by Gasteiger charge is -2.40. The summed E-state index contributed by atoms with van der Waals surface area (Å²) in [7, 11) is 0. The Hall–Kier alpha value is -2.38. The van der Waals surface area contributed by atoms with Crippen LogP contribution >= 0.6 is 0 Å². The van der Waals surface area contributed by atoms with E-state index in [1.807, 2.05) is 17.9 Å². The molecular formula is C27H33F3N2O2. The molecule has 184 valence electrons. The van der Waals surface area contributed by atoms with E-state index in [1.54, 1.807) is 13.0 Å². The third-order valence-corrected chi connectivity index (χ3v) is 7.32. The van der Waals surface area contributed by atoms with Crippen molar-refractivity contribution in [3.8, 4) is 0 Å². The predicted octanol–water partition coefficient (Wildman–Crippen LogP) is 5.47. The third-order valence-electron chi connectivity index (χ3n) is 7.32. The number of carbonyl (C=O) groups is 1. The van der Waals surface area contributed by atoms with Crippen molar-refractivity contribution in [2.24, 2.45) is 5.92 Å². The van der Waals surface area contributed by atoms with E-state index in [0.29, 0.717) is 31.1 Å². The van der Waals surface area contributed by atoms with Crippen molar-refractivity contribution in [1.82, 2.24) is 10.2 Å². The lowest BCUT2D eigenvalue weighted by Crippen LogP contribution is -2.51. The normalized spacial score (nSPS) is 22.8. The fourth-order valence-corrected chi connectivity index (χ4v) is 5.15. The van der Waals surface area contributed by atoms with Gasteiger partial charge in [0, 0.05) is 19.6 Å². The molecule has 1 heterocycles. The quantitative estimate of drug-likeness (QED) is 0.564. The molecule has 4 unspecified atom stereocenters. The molecule has 0 bridgehead atoms. The van der Waals surface area contributed by atoms with E-state index in [1.165, 1.54) is 23.3 Å². The standard InChI is InChI=1S/C27H33F3N2O2/c1-4-19-12-21-9-8-20(14-23(21)13-19)17(2)26(33)34-18(3)32-11-10-31-16-25(32)22-6-5-7-24(15-22)27(28,29)30/h5-9,14-15,17-19,25,31H,4,10-13,16H2,1-3H3. The fraction of sp³-hybridized carbons (Fsp3) is 0.519. The van der Waals surface area contributed by atoms with Gasteiger partial charge in [-0.1, -0.05) is 43.7 Å². The van der Waals surface area contributed by atoms with Gasteiger partial charge in [0.25, 0.3) is 0 Å².